The van der Waals surface area contributed by atoms with E-state index in [-0.39, 0.29) is 12.1 Å². The molecule has 0 atom stereocenters. The molecule has 0 unspecified atom stereocenters. The average Bonchev–Trinajstić information content (AvgIpc) is 2.20. The van der Waals surface area contributed by atoms with Crippen molar-refractivity contribution in [2.75, 3.05) is 0 Å². The van der Waals surface area contributed by atoms with Crippen molar-refractivity contribution < 1.29 is 18.3 Å². The monoisotopic (exact) mass is 261 g/mol. The SMILES string of the molecule is CC(C)(O)C(C)(C)NCc1cc(F)c(F)cc1F. The van der Waals surface area contributed by atoms with Crippen molar-refractivity contribution in [3.8, 4) is 0 Å². The van der Waals surface area contributed by atoms with E-state index >= 15 is 0 Å². The summed E-state index contributed by atoms with van der Waals surface area (Å²) in [6.07, 6.45) is 0. The first kappa shape index (κ1) is 15.0. The molecule has 0 amide bonds. The van der Waals surface area contributed by atoms with Gasteiger partial charge in [-0.15, -0.1) is 0 Å². The van der Waals surface area contributed by atoms with Crippen molar-refractivity contribution >= 4 is 0 Å². The molecule has 0 spiro atoms. The van der Waals surface area contributed by atoms with Gasteiger partial charge < -0.3 is 10.4 Å². The van der Waals surface area contributed by atoms with Crippen LogP contribution >= 0.6 is 0 Å². The molecule has 0 aromatic heterocycles. The van der Waals surface area contributed by atoms with E-state index in [9.17, 15) is 18.3 Å². The lowest BCUT2D eigenvalue weighted by Gasteiger charge is -2.38. The molecule has 2 N–H and O–H groups in total. The number of nitrogens with one attached hydrogen (secondary N) is 1. The van der Waals surface area contributed by atoms with Crippen LogP contribution in [0.5, 0.6) is 0 Å². The first-order valence-corrected chi connectivity index (χ1v) is 5.65. The van der Waals surface area contributed by atoms with Crippen molar-refractivity contribution in [3.05, 3.63) is 35.1 Å². The zero-order valence-corrected chi connectivity index (χ0v) is 10.9. The Morgan fingerprint density at radius 3 is 2.00 bits per heavy atom. The third kappa shape index (κ3) is 3.23. The summed E-state index contributed by atoms with van der Waals surface area (Å²) in [6.45, 7) is 6.71. The molecule has 1 aromatic carbocycles. The van der Waals surface area contributed by atoms with E-state index in [0.717, 1.165) is 6.07 Å². The van der Waals surface area contributed by atoms with Crippen LogP contribution < -0.4 is 5.32 Å². The van der Waals surface area contributed by atoms with Crippen LogP contribution in [0.3, 0.4) is 0 Å². The molecule has 0 fully saturated rings. The fourth-order valence-corrected chi connectivity index (χ4v) is 1.23. The van der Waals surface area contributed by atoms with Gasteiger partial charge in [0.25, 0.3) is 0 Å². The summed E-state index contributed by atoms with van der Waals surface area (Å²) in [5.74, 6) is -3.11. The second-order valence-corrected chi connectivity index (χ2v) is 5.40. The van der Waals surface area contributed by atoms with Gasteiger partial charge in [-0.25, -0.2) is 13.2 Å². The Bertz CT molecular complexity index is 439. The summed E-state index contributed by atoms with van der Waals surface area (Å²) in [4.78, 5) is 0. The van der Waals surface area contributed by atoms with Gasteiger partial charge in [0, 0.05) is 23.7 Å². The minimum atomic E-state index is -1.21. The Morgan fingerprint density at radius 1 is 1.00 bits per heavy atom. The van der Waals surface area contributed by atoms with Crippen molar-refractivity contribution in [3.63, 3.8) is 0 Å². The Kier molecular flexibility index (Phi) is 4.08. The number of hydrogen-bond acceptors (Lipinski definition) is 2. The van der Waals surface area contributed by atoms with Gasteiger partial charge in [0.2, 0.25) is 0 Å². The quantitative estimate of drug-likeness (QED) is 0.817. The predicted octanol–water partition coefficient (Wildman–Crippen LogP) is 2.74. The van der Waals surface area contributed by atoms with Crippen LogP contribution in [0.1, 0.15) is 33.3 Å². The van der Waals surface area contributed by atoms with E-state index in [1.54, 1.807) is 27.7 Å². The van der Waals surface area contributed by atoms with Crippen LogP contribution in [0.15, 0.2) is 12.1 Å². The largest absolute Gasteiger partial charge is 0.389 e. The Balaban J connectivity index is 2.85. The molecule has 0 aliphatic carbocycles. The molecule has 0 aliphatic heterocycles. The Hall–Kier alpha value is -1.07. The number of hydrogen-bond donors (Lipinski definition) is 2. The highest BCUT2D eigenvalue weighted by Crippen LogP contribution is 2.22. The summed E-state index contributed by atoms with van der Waals surface area (Å²) >= 11 is 0. The Morgan fingerprint density at radius 2 is 1.50 bits per heavy atom. The van der Waals surface area contributed by atoms with E-state index in [1.807, 2.05) is 0 Å². The maximum absolute atomic E-state index is 13.4. The highest BCUT2D eigenvalue weighted by atomic mass is 19.2. The van der Waals surface area contributed by atoms with Crippen LogP contribution in [0.2, 0.25) is 0 Å². The van der Waals surface area contributed by atoms with Crippen LogP contribution in [-0.2, 0) is 6.54 Å². The van der Waals surface area contributed by atoms with Crippen LogP contribution in [0.25, 0.3) is 0 Å². The third-order valence-electron chi connectivity index (χ3n) is 3.34. The van der Waals surface area contributed by atoms with Gasteiger partial charge in [0.05, 0.1) is 5.60 Å². The molecule has 1 aromatic rings. The number of rotatable bonds is 4. The van der Waals surface area contributed by atoms with E-state index in [1.165, 1.54) is 0 Å². The molecule has 5 heteroatoms. The summed E-state index contributed by atoms with van der Waals surface area (Å²) in [5, 5.41) is 12.8. The first-order valence-electron chi connectivity index (χ1n) is 5.65. The summed E-state index contributed by atoms with van der Waals surface area (Å²) < 4.78 is 39.1. The fourth-order valence-electron chi connectivity index (χ4n) is 1.23. The topological polar surface area (TPSA) is 32.3 Å². The number of aliphatic hydroxyl groups is 1. The van der Waals surface area contributed by atoms with E-state index in [2.05, 4.69) is 5.32 Å². The number of benzene rings is 1. The van der Waals surface area contributed by atoms with Crippen molar-refractivity contribution in [2.45, 2.75) is 45.4 Å². The lowest BCUT2D eigenvalue weighted by molar-refractivity contribution is -0.00545. The minimum Gasteiger partial charge on any atom is -0.389 e. The summed E-state index contributed by atoms with van der Waals surface area (Å²) in [5.41, 5.74) is -1.72. The summed E-state index contributed by atoms with van der Waals surface area (Å²) in [7, 11) is 0. The fraction of sp³-hybridized carbons (Fsp3) is 0.538. The molecule has 1 rings (SSSR count). The molecule has 0 saturated carbocycles. The zero-order valence-electron chi connectivity index (χ0n) is 10.9. The molecular weight excluding hydrogens is 243 g/mol. The van der Waals surface area contributed by atoms with Gasteiger partial charge in [0.15, 0.2) is 11.6 Å². The minimum absolute atomic E-state index is 0.0000231. The molecule has 0 radical (unpaired) electrons. The maximum Gasteiger partial charge on any atom is 0.161 e. The molecule has 0 saturated heterocycles. The van der Waals surface area contributed by atoms with Gasteiger partial charge >= 0.3 is 0 Å². The summed E-state index contributed by atoms with van der Waals surface area (Å²) in [6, 6.07) is 1.33. The van der Waals surface area contributed by atoms with Gasteiger partial charge in [-0.2, -0.15) is 0 Å². The third-order valence-corrected chi connectivity index (χ3v) is 3.34. The van der Waals surface area contributed by atoms with E-state index in [4.69, 9.17) is 0 Å². The lowest BCUT2D eigenvalue weighted by atomic mass is 9.86. The van der Waals surface area contributed by atoms with Crippen LogP contribution in [-0.4, -0.2) is 16.2 Å². The smallest absolute Gasteiger partial charge is 0.161 e. The van der Waals surface area contributed by atoms with Gasteiger partial charge in [-0.1, -0.05) is 0 Å². The molecule has 0 bridgehead atoms. The van der Waals surface area contributed by atoms with Gasteiger partial charge in [-0.3, -0.25) is 0 Å². The molecule has 102 valence electrons. The van der Waals surface area contributed by atoms with Crippen molar-refractivity contribution in [1.82, 2.24) is 5.32 Å². The van der Waals surface area contributed by atoms with E-state index < -0.39 is 28.6 Å². The second-order valence-electron chi connectivity index (χ2n) is 5.40. The highest BCUT2D eigenvalue weighted by molar-refractivity contribution is 5.20. The van der Waals surface area contributed by atoms with Crippen molar-refractivity contribution in [1.29, 1.82) is 0 Å². The van der Waals surface area contributed by atoms with Crippen molar-refractivity contribution in [2.24, 2.45) is 0 Å². The molecular formula is C13H18F3NO. The van der Waals surface area contributed by atoms with Gasteiger partial charge in [-0.05, 0) is 33.8 Å². The van der Waals surface area contributed by atoms with Crippen LogP contribution in [0, 0.1) is 17.5 Å². The number of halogens is 3. The molecule has 0 heterocycles. The normalized spacial score (nSPS) is 12.9. The molecule has 2 nitrogen and oxygen atoms in total. The zero-order chi connectivity index (χ0) is 14.1. The average molecular weight is 261 g/mol. The van der Waals surface area contributed by atoms with Crippen LogP contribution in [0.4, 0.5) is 13.2 Å². The predicted molar refractivity (Wildman–Crippen MR) is 63.5 cm³/mol. The molecule has 18 heavy (non-hydrogen) atoms. The lowest BCUT2D eigenvalue weighted by Crippen LogP contribution is -2.55. The van der Waals surface area contributed by atoms with E-state index in [0.29, 0.717) is 6.07 Å². The highest BCUT2D eigenvalue weighted by Gasteiger charge is 2.34. The second kappa shape index (κ2) is 4.90. The standard InChI is InChI=1S/C13H18F3NO/c1-12(2,13(3,4)18)17-7-8-5-10(15)11(16)6-9(8)14/h5-6,17-18H,7H2,1-4H3. The first-order chi connectivity index (χ1) is 8.04. The maximum atomic E-state index is 13.4. The van der Waals surface area contributed by atoms with Gasteiger partial charge in [0.1, 0.15) is 5.82 Å². The molecule has 0 aliphatic rings. The Labute approximate surface area is 105 Å².